The molecule has 1 aliphatic heterocycles. The summed E-state index contributed by atoms with van der Waals surface area (Å²) in [4.78, 5) is 6.13. The zero-order chi connectivity index (χ0) is 13.1. The third-order valence-electron chi connectivity index (χ3n) is 3.82. The maximum Gasteiger partial charge on any atom is 0.0931 e. The number of piperidine rings is 1. The molecule has 1 unspecified atom stereocenters. The topological polar surface area (TPSA) is 32.5 Å². The first-order valence-electron chi connectivity index (χ1n) is 6.47. The van der Waals surface area contributed by atoms with Crippen LogP contribution in [0.3, 0.4) is 0 Å². The molecule has 1 aromatic rings. The Balaban J connectivity index is 1.98. The molecule has 1 fully saturated rings. The van der Waals surface area contributed by atoms with E-state index < -0.39 is 0 Å². The van der Waals surface area contributed by atoms with Gasteiger partial charge in [0.05, 0.1) is 10.4 Å². The summed E-state index contributed by atoms with van der Waals surface area (Å²) < 4.78 is 0.853. The van der Waals surface area contributed by atoms with Crippen molar-refractivity contribution in [3.8, 4) is 0 Å². The van der Waals surface area contributed by atoms with Crippen LogP contribution in [0.2, 0.25) is 4.34 Å². The first-order chi connectivity index (χ1) is 8.61. The SMILES string of the molecule is CN(C)C1CCN(C(CN)c2ccc(Cl)s2)CC1. The largest absolute Gasteiger partial charge is 0.329 e. The summed E-state index contributed by atoms with van der Waals surface area (Å²) in [6.07, 6.45) is 2.45. The average Bonchev–Trinajstić information content (AvgIpc) is 2.77. The van der Waals surface area contributed by atoms with Gasteiger partial charge in [0.25, 0.3) is 0 Å². The van der Waals surface area contributed by atoms with Crippen LogP contribution in [0.5, 0.6) is 0 Å². The van der Waals surface area contributed by atoms with Crippen LogP contribution in [-0.4, -0.2) is 49.6 Å². The van der Waals surface area contributed by atoms with Gasteiger partial charge in [-0.2, -0.15) is 0 Å². The minimum absolute atomic E-state index is 0.339. The van der Waals surface area contributed by atoms with Crippen molar-refractivity contribution < 1.29 is 0 Å². The molecule has 0 spiro atoms. The Morgan fingerprint density at radius 2 is 2.11 bits per heavy atom. The van der Waals surface area contributed by atoms with Gasteiger partial charge >= 0.3 is 0 Å². The molecule has 5 heteroatoms. The van der Waals surface area contributed by atoms with Gasteiger partial charge in [0.2, 0.25) is 0 Å². The van der Waals surface area contributed by atoms with E-state index in [4.69, 9.17) is 17.3 Å². The zero-order valence-electron chi connectivity index (χ0n) is 11.1. The highest BCUT2D eigenvalue weighted by molar-refractivity contribution is 7.16. The molecule has 0 aromatic carbocycles. The predicted octanol–water partition coefficient (Wildman–Crippen LogP) is 2.43. The summed E-state index contributed by atoms with van der Waals surface area (Å²) in [5, 5.41) is 0. The van der Waals surface area contributed by atoms with Crippen LogP contribution in [0.1, 0.15) is 23.8 Å². The van der Waals surface area contributed by atoms with Gasteiger partial charge in [0.1, 0.15) is 0 Å². The number of hydrogen-bond donors (Lipinski definition) is 1. The molecule has 0 amide bonds. The second kappa shape index (κ2) is 6.35. The van der Waals surface area contributed by atoms with Crippen LogP contribution in [0, 0.1) is 0 Å². The number of likely N-dealkylation sites (tertiary alicyclic amines) is 1. The Bertz CT molecular complexity index is 372. The van der Waals surface area contributed by atoms with Gasteiger partial charge in [-0.05, 0) is 39.1 Å². The third kappa shape index (κ3) is 3.25. The second-order valence-corrected chi connectivity index (χ2v) is 6.87. The Hall–Kier alpha value is -0.130. The van der Waals surface area contributed by atoms with Crippen molar-refractivity contribution >= 4 is 22.9 Å². The number of nitrogens with two attached hydrogens (primary N) is 1. The number of halogens is 1. The van der Waals surface area contributed by atoms with Crippen LogP contribution in [0.4, 0.5) is 0 Å². The van der Waals surface area contributed by atoms with Crippen molar-refractivity contribution in [3.63, 3.8) is 0 Å². The lowest BCUT2D eigenvalue weighted by atomic mass is 10.0. The standard InChI is InChI=1S/C13H22ClN3S/c1-16(2)10-5-7-17(8-6-10)11(9-15)12-3-4-13(14)18-12/h3-4,10-11H,5-9,15H2,1-2H3. The third-order valence-corrected chi connectivity index (χ3v) is 5.15. The molecule has 102 valence electrons. The summed E-state index contributed by atoms with van der Waals surface area (Å²) in [5.41, 5.74) is 5.95. The lowest BCUT2D eigenvalue weighted by molar-refractivity contribution is 0.112. The number of hydrogen-bond acceptors (Lipinski definition) is 4. The monoisotopic (exact) mass is 287 g/mol. The Morgan fingerprint density at radius 1 is 1.44 bits per heavy atom. The quantitative estimate of drug-likeness (QED) is 0.923. The molecule has 0 bridgehead atoms. The van der Waals surface area contributed by atoms with Crippen LogP contribution >= 0.6 is 22.9 Å². The number of rotatable bonds is 4. The highest BCUT2D eigenvalue weighted by Gasteiger charge is 2.26. The van der Waals surface area contributed by atoms with Crippen LogP contribution < -0.4 is 5.73 Å². The van der Waals surface area contributed by atoms with Crippen molar-refractivity contribution in [3.05, 3.63) is 21.3 Å². The minimum Gasteiger partial charge on any atom is -0.329 e. The summed E-state index contributed by atoms with van der Waals surface area (Å²) in [6, 6.07) is 5.14. The summed E-state index contributed by atoms with van der Waals surface area (Å²) in [7, 11) is 4.33. The molecule has 1 saturated heterocycles. The van der Waals surface area contributed by atoms with Gasteiger partial charge in [0, 0.05) is 30.6 Å². The van der Waals surface area contributed by atoms with Crippen molar-refractivity contribution in [2.45, 2.75) is 24.9 Å². The Labute approximate surface area is 119 Å². The molecule has 1 atom stereocenters. The normalized spacial score (nSPS) is 20.5. The Kier molecular flexibility index (Phi) is 5.04. The molecular formula is C13H22ClN3S. The fourth-order valence-corrected chi connectivity index (χ4v) is 3.88. The molecule has 1 aromatic heterocycles. The van der Waals surface area contributed by atoms with Gasteiger partial charge in [-0.1, -0.05) is 11.6 Å². The first kappa shape index (κ1) is 14.3. The van der Waals surface area contributed by atoms with E-state index in [1.807, 2.05) is 6.07 Å². The van der Waals surface area contributed by atoms with Crippen LogP contribution in [0.15, 0.2) is 12.1 Å². The van der Waals surface area contributed by atoms with Crippen molar-refractivity contribution in [1.29, 1.82) is 0 Å². The summed E-state index contributed by atoms with van der Waals surface area (Å²) in [6.45, 7) is 2.92. The highest BCUT2D eigenvalue weighted by atomic mass is 35.5. The van der Waals surface area contributed by atoms with Gasteiger partial charge in [0.15, 0.2) is 0 Å². The molecule has 0 saturated carbocycles. The summed E-state index contributed by atoms with van der Waals surface area (Å²) in [5.74, 6) is 0. The Morgan fingerprint density at radius 3 is 2.56 bits per heavy atom. The van der Waals surface area contributed by atoms with Crippen molar-refractivity contribution in [2.24, 2.45) is 5.73 Å². The molecule has 0 aliphatic carbocycles. The van der Waals surface area contributed by atoms with E-state index in [9.17, 15) is 0 Å². The van der Waals surface area contributed by atoms with Gasteiger partial charge in [-0.15, -0.1) is 11.3 Å². The van der Waals surface area contributed by atoms with Crippen LogP contribution in [0.25, 0.3) is 0 Å². The van der Waals surface area contributed by atoms with E-state index in [0.29, 0.717) is 18.6 Å². The molecule has 18 heavy (non-hydrogen) atoms. The van der Waals surface area contributed by atoms with Crippen LogP contribution in [-0.2, 0) is 0 Å². The van der Waals surface area contributed by atoms with E-state index >= 15 is 0 Å². The van der Waals surface area contributed by atoms with Crippen molar-refractivity contribution in [2.75, 3.05) is 33.7 Å². The van der Waals surface area contributed by atoms with E-state index in [1.54, 1.807) is 11.3 Å². The van der Waals surface area contributed by atoms with E-state index in [1.165, 1.54) is 17.7 Å². The van der Waals surface area contributed by atoms with Gasteiger partial charge in [-0.3, -0.25) is 4.90 Å². The summed E-state index contributed by atoms with van der Waals surface area (Å²) >= 11 is 7.67. The fraction of sp³-hybridized carbons (Fsp3) is 0.692. The minimum atomic E-state index is 0.339. The molecule has 0 radical (unpaired) electrons. The smallest absolute Gasteiger partial charge is 0.0931 e. The highest BCUT2D eigenvalue weighted by Crippen LogP contribution is 2.31. The lowest BCUT2D eigenvalue weighted by Crippen LogP contribution is -2.44. The first-order valence-corrected chi connectivity index (χ1v) is 7.67. The average molecular weight is 288 g/mol. The zero-order valence-corrected chi connectivity index (χ0v) is 12.7. The molecule has 1 aliphatic rings. The lowest BCUT2D eigenvalue weighted by Gasteiger charge is -2.38. The number of thiophene rings is 1. The van der Waals surface area contributed by atoms with E-state index in [0.717, 1.165) is 17.4 Å². The van der Waals surface area contributed by atoms with Crippen molar-refractivity contribution in [1.82, 2.24) is 9.80 Å². The molecule has 3 nitrogen and oxygen atoms in total. The molecular weight excluding hydrogens is 266 g/mol. The maximum absolute atomic E-state index is 6.02. The fourth-order valence-electron chi connectivity index (χ4n) is 2.67. The number of nitrogens with zero attached hydrogens (tertiary/aromatic N) is 2. The second-order valence-electron chi connectivity index (χ2n) is 5.12. The van der Waals surface area contributed by atoms with Gasteiger partial charge in [-0.25, -0.2) is 0 Å². The molecule has 2 rings (SSSR count). The molecule has 2 N–H and O–H groups in total. The van der Waals surface area contributed by atoms with E-state index in [-0.39, 0.29) is 0 Å². The maximum atomic E-state index is 6.02. The van der Waals surface area contributed by atoms with E-state index in [2.05, 4.69) is 30.0 Å². The predicted molar refractivity (Wildman–Crippen MR) is 79.4 cm³/mol. The van der Waals surface area contributed by atoms with Gasteiger partial charge < -0.3 is 10.6 Å². The molecule has 2 heterocycles.